The van der Waals surface area contributed by atoms with Crippen LogP contribution in [0.15, 0.2) is 24.3 Å². The number of aliphatic hydroxyl groups is 1. The predicted molar refractivity (Wildman–Crippen MR) is 121 cm³/mol. The first-order valence-corrected chi connectivity index (χ1v) is 11.8. The van der Waals surface area contributed by atoms with Crippen molar-refractivity contribution >= 4 is 5.97 Å². The number of β-amino-alcohol motifs (C(OH)–C–C–N with tert-alkyl or cyclic N) is 1. The highest BCUT2D eigenvalue weighted by molar-refractivity contribution is 5.72. The number of carbonyl (C=O) groups excluding carboxylic acids is 1. The summed E-state index contributed by atoms with van der Waals surface area (Å²) in [5.74, 6) is 0.786. The standard InChI is InChI=1S/C24H39N3O4/c1-3-25-12-14-27(15-13-25)18-22(28)19-31-23-7-5-6-20(16-23)17-26-10-8-21(9-11-26)24(29)30-4-2/h5-7,16,21-22,28H,3-4,8-15,17-19H2,1-2H3/t22-/m1/s1. The van der Waals surface area contributed by atoms with Crippen LogP contribution in [-0.4, -0.2) is 97.5 Å². The van der Waals surface area contributed by atoms with Crippen LogP contribution in [0.3, 0.4) is 0 Å². The van der Waals surface area contributed by atoms with E-state index in [2.05, 4.69) is 33.8 Å². The van der Waals surface area contributed by atoms with Crippen molar-refractivity contribution in [2.45, 2.75) is 39.3 Å². The Balaban J connectivity index is 1.39. The first kappa shape index (κ1) is 24.0. The minimum absolute atomic E-state index is 0.0392. The zero-order chi connectivity index (χ0) is 22.1. The molecule has 1 aromatic carbocycles. The van der Waals surface area contributed by atoms with Crippen molar-refractivity contribution in [3.63, 3.8) is 0 Å². The van der Waals surface area contributed by atoms with Crippen LogP contribution in [0.1, 0.15) is 32.3 Å². The molecule has 0 aromatic heterocycles. The van der Waals surface area contributed by atoms with Crippen LogP contribution < -0.4 is 4.74 Å². The Hall–Kier alpha value is -1.67. The number of nitrogens with zero attached hydrogens (tertiary/aromatic N) is 3. The average Bonchev–Trinajstić information content (AvgIpc) is 2.79. The molecule has 2 saturated heterocycles. The van der Waals surface area contributed by atoms with Gasteiger partial charge in [0.25, 0.3) is 0 Å². The fraction of sp³-hybridized carbons (Fsp3) is 0.708. The minimum atomic E-state index is -0.487. The summed E-state index contributed by atoms with van der Waals surface area (Å²) in [6.45, 7) is 13.4. The summed E-state index contributed by atoms with van der Waals surface area (Å²) in [7, 11) is 0. The lowest BCUT2D eigenvalue weighted by Crippen LogP contribution is -2.49. The molecule has 0 amide bonds. The number of benzene rings is 1. The molecule has 1 aromatic rings. The smallest absolute Gasteiger partial charge is 0.309 e. The maximum atomic E-state index is 11.9. The summed E-state index contributed by atoms with van der Waals surface area (Å²) in [5, 5.41) is 10.4. The molecular formula is C24H39N3O4. The lowest BCUT2D eigenvalue weighted by Gasteiger charge is -2.34. The first-order valence-electron chi connectivity index (χ1n) is 11.8. The second-order valence-electron chi connectivity index (χ2n) is 8.65. The number of hydrogen-bond donors (Lipinski definition) is 1. The van der Waals surface area contributed by atoms with E-state index in [0.717, 1.165) is 70.9 Å². The van der Waals surface area contributed by atoms with Crippen LogP contribution in [0.5, 0.6) is 5.75 Å². The van der Waals surface area contributed by atoms with Gasteiger partial charge in [0.1, 0.15) is 18.5 Å². The van der Waals surface area contributed by atoms with Gasteiger partial charge >= 0.3 is 5.97 Å². The van der Waals surface area contributed by atoms with Crippen molar-refractivity contribution in [2.24, 2.45) is 5.92 Å². The third-order valence-electron chi connectivity index (χ3n) is 6.34. The van der Waals surface area contributed by atoms with E-state index in [1.54, 1.807) is 0 Å². The topological polar surface area (TPSA) is 65.5 Å². The molecular weight excluding hydrogens is 394 g/mol. The summed E-state index contributed by atoms with van der Waals surface area (Å²) < 4.78 is 11.0. The molecule has 2 heterocycles. The monoisotopic (exact) mass is 433 g/mol. The number of likely N-dealkylation sites (N-methyl/N-ethyl adjacent to an activating group) is 1. The number of esters is 1. The number of likely N-dealkylation sites (tertiary alicyclic amines) is 1. The van der Waals surface area contributed by atoms with Crippen LogP contribution in [-0.2, 0) is 16.1 Å². The minimum Gasteiger partial charge on any atom is -0.491 e. The molecule has 2 aliphatic rings. The van der Waals surface area contributed by atoms with Gasteiger partial charge in [0, 0.05) is 39.3 Å². The Morgan fingerprint density at radius 3 is 2.45 bits per heavy atom. The highest BCUT2D eigenvalue weighted by Gasteiger charge is 2.26. The molecule has 1 atom stereocenters. The van der Waals surface area contributed by atoms with E-state index in [1.165, 1.54) is 5.56 Å². The van der Waals surface area contributed by atoms with Gasteiger partial charge in [0.15, 0.2) is 0 Å². The van der Waals surface area contributed by atoms with E-state index in [4.69, 9.17) is 9.47 Å². The molecule has 2 fully saturated rings. The third kappa shape index (κ3) is 7.75. The number of hydrogen-bond acceptors (Lipinski definition) is 7. The Kier molecular flexibility index (Phi) is 9.58. The van der Waals surface area contributed by atoms with Crippen LogP contribution in [0.4, 0.5) is 0 Å². The maximum Gasteiger partial charge on any atom is 0.309 e. The SMILES string of the molecule is CCOC(=O)C1CCN(Cc2cccc(OC[C@H](O)CN3CCN(CC)CC3)c2)CC1. The first-order chi connectivity index (χ1) is 15.1. The van der Waals surface area contributed by atoms with Crippen molar-refractivity contribution in [2.75, 3.05) is 65.6 Å². The molecule has 2 aliphatic heterocycles. The molecule has 7 nitrogen and oxygen atoms in total. The molecule has 0 saturated carbocycles. The summed E-state index contributed by atoms with van der Waals surface area (Å²) in [6.07, 6.45) is 1.22. The van der Waals surface area contributed by atoms with Gasteiger partial charge < -0.3 is 19.5 Å². The lowest BCUT2D eigenvalue weighted by molar-refractivity contribution is -0.149. The molecule has 0 aliphatic carbocycles. The van der Waals surface area contributed by atoms with Gasteiger partial charge in [-0.1, -0.05) is 19.1 Å². The van der Waals surface area contributed by atoms with E-state index in [-0.39, 0.29) is 11.9 Å². The van der Waals surface area contributed by atoms with Gasteiger partial charge in [-0.05, 0) is 57.1 Å². The van der Waals surface area contributed by atoms with Gasteiger partial charge in [-0.15, -0.1) is 0 Å². The molecule has 3 rings (SSSR count). The van der Waals surface area contributed by atoms with Crippen molar-refractivity contribution in [1.29, 1.82) is 0 Å². The van der Waals surface area contributed by atoms with Crippen molar-refractivity contribution in [3.05, 3.63) is 29.8 Å². The predicted octanol–water partition coefficient (Wildman–Crippen LogP) is 1.84. The fourth-order valence-corrected chi connectivity index (χ4v) is 4.41. The van der Waals surface area contributed by atoms with Gasteiger partial charge in [-0.2, -0.15) is 0 Å². The number of carbonyl (C=O) groups is 1. The quantitative estimate of drug-likeness (QED) is 0.565. The molecule has 0 radical (unpaired) electrons. The lowest BCUT2D eigenvalue weighted by atomic mass is 9.96. The molecule has 1 N–H and O–H groups in total. The highest BCUT2D eigenvalue weighted by atomic mass is 16.5. The molecule has 0 unspecified atom stereocenters. The number of piperidine rings is 1. The van der Waals surface area contributed by atoms with Gasteiger partial charge in [-0.3, -0.25) is 14.6 Å². The normalized spacial score (nSPS) is 20.5. The van der Waals surface area contributed by atoms with Crippen LogP contribution in [0.2, 0.25) is 0 Å². The van der Waals surface area contributed by atoms with E-state index >= 15 is 0 Å². The van der Waals surface area contributed by atoms with Crippen molar-refractivity contribution in [3.8, 4) is 5.75 Å². The zero-order valence-electron chi connectivity index (χ0n) is 19.2. The molecule has 0 spiro atoms. The second-order valence-corrected chi connectivity index (χ2v) is 8.65. The Labute approximate surface area is 186 Å². The largest absolute Gasteiger partial charge is 0.491 e. The summed E-state index contributed by atoms with van der Waals surface area (Å²) >= 11 is 0. The van der Waals surface area contributed by atoms with E-state index in [1.807, 2.05) is 19.1 Å². The maximum absolute atomic E-state index is 11.9. The van der Waals surface area contributed by atoms with Crippen molar-refractivity contribution < 1.29 is 19.4 Å². The average molecular weight is 434 g/mol. The molecule has 174 valence electrons. The number of aliphatic hydroxyl groups excluding tert-OH is 1. The summed E-state index contributed by atoms with van der Waals surface area (Å²) in [5.41, 5.74) is 1.19. The van der Waals surface area contributed by atoms with E-state index < -0.39 is 6.10 Å². The Morgan fingerprint density at radius 2 is 1.77 bits per heavy atom. The Morgan fingerprint density at radius 1 is 1.06 bits per heavy atom. The van der Waals surface area contributed by atoms with Crippen LogP contribution in [0, 0.1) is 5.92 Å². The zero-order valence-corrected chi connectivity index (χ0v) is 19.2. The molecule has 7 heteroatoms. The number of piperazine rings is 1. The summed E-state index contributed by atoms with van der Waals surface area (Å²) in [4.78, 5) is 19.0. The molecule has 31 heavy (non-hydrogen) atoms. The highest BCUT2D eigenvalue weighted by Crippen LogP contribution is 2.22. The third-order valence-corrected chi connectivity index (χ3v) is 6.34. The van der Waals surface area contributed by atoms with Crippen LogP contribution >= 0.6 is 0 Å². The van der Waals surface area contributed by atoms with E-state index in [9.17, 15) is 9.90 Å². The number of ether oxygens (including phenoxy) is 2. The van der Waals surface area contributed by atoms with Gasteiger partial charge in [-0.25, -0.2) is 0 Å². The van der Waals surface area contributed by atoms with Crippen LogP contribution in [0.25, 0.3) is 0 Å². The number of rotatable bonds is 10. The summed E-state index contributed by atoms with van der Waals surface area (Å²) in [6, 6.07) is 8.12. The Bertz CT molecular complexity index is 671. The molecule has 0 bridgehead atoms. The van der Waals surface area contributed by atoms with Gasteiger partial charge in [0.2, 0.25) is 0 Å². The fourth-order valence-electron chi connectivity index (χ4n) is 4.41. The second kappa shape index (κ2) is 12.4. The van der Waals surface area contributed by atoms with Gasteiger partial charge in [0.05, 0.1) is 12.5 Å². The van der Waals surface area contributed by atoms with Crippen molar-refractivity contribution in [1.82, 2.24) is 14.7 Å². The van der Waals surface area contributed by atoms with E-state index in [0.29, 0.717) is 19.8 Å².